The van der Waals surface area contributed by atoms with Crippen molar-refractivity contribution in [2.75, 3.05) is 32.1 Å². The highest BCUT2D eigenvalue weighted by molar-refractivity contribution is 7.89. The summed E-state index contributed by atoms with van der Waals surface area (Å²) in [4.78, 5) is 4.49. The molecule has 1 saturated heterocycles. The molecular formula is C20H27N3O4S. The smallest absolute Gasteiger partial charge is 0.216 e. The number of ether oxygens (including phenoxy) is 2. The molecule has 2 aromatic rings. The zero-order chi connectivity index (χ0) is 19.4. The molecule has 1 aliphatic carbocycles. The lowest BCUT2D eigenvalue weighted by molar-refractivity contribution is 0.0730. The maximum atomic E-state index is 12.6. The van der Waals surface area contributed by atoms with Crippen molar-refractivity contribution in [3.05, 3.63) is 36.7 Å². The Hall–Kier alpha value is -1.90. The maximum Gasteiger partial charge on any atom is 0.216 e. The van der Waals surface area contributed by atoms with E-state index in [0.29, 0.717) is 32.8 Å². The molecule has 1 aromatic carbocycles. The summed E-state index contributed by atoms with van der Waals surface area (Å²) in [5.41, 5.74) is 0.906. The van der Waals surface area contributed by atoms with Crippen LogP contribution in [0, 0.1) is 0 Å². The lowest BCUT2D eigenvalue weighted by Gasteiger charge is -2.26. The first kappa shape index (κ1) is 19.4. The van der Waals surface area contributed by atoms with E-state index in [9.17, 15) is 8.42 Å². The zero-order valence-electron chi connectivity index (χ0n) is 16.0. The van der Waals surface area contributed by atoms with Gasteiger partial charge in [0.2, 0.25) is 10.0 Å². The van der Waals surface area contributed by atoms with Gasteiger partial charge < -0.3 is 14.0 Å². The van der Waals surface area contributed by atoms with Gasteiger partial charge in [0.05, 0.1) is 30.6 Å². The molecule has 1 aromatic heterocycles. The minimum absolute atomic E-state index is 0.0437. The fraction of sp³-hybridized carbons (Fsp3) is 0.550. The highest BCUT2D eigenvalue weighted by atomic mass is 32.2. The Labute approximate surface area is 166 Å². The highest BCUT2D eigenvalue weighted by Gasteiger charge is 2.25. The number of aryl methyl sites for hydroxylation is 1. The molecule has 0 amide bonds. The van der Waals surface area contributed by atoms with Crippen molar-refractivity contribution in [3.63, 3.8) is 0 Å². The van der Waals surface area contributed by atoms with Crippen LogP contribution < -0.4 is 4.74 Å². The van der Waals surface area contributed by atoms with Crippen LogP contribution in [0.2, 0.25) is 0 Å². The number of nitrogens with zero attached hydrogens (tertiary/aromatic N) is 3. The van der Waals surface area contributed by atoms with E-state index in [0.717, 1.165) is 30.0 Å². The van der Waals surface area contributed by atoms with Crippen LogP contribution in [0.4, 0.5) is 0 Å². The molecule has 1 saturated carbocycles. The summed E-state index contributed by atoms with van der Waals surface area (Å²) in [5, 5.41) is 0. The van der Waals surface area contributed by atoms with Crippen LogP contribution in [-0.4, -0.2) is 60.4 Å². The third-order valence-corrected chi connectivity index (χ3v) is 7.24. The van der Waals surface area contributed by atoms with E-state index in [1.54, 1.807) is 6.20 Å². The second-order valence-corrected chi connectivity index (χ2v) is 9.38. The first-order valence-electron chi connectivity index (χ1n) is 9.96. The SMILES string of the molecule is O=S(=O)(CCn1ccnc1-c1ccccc1OC1CCCC1)N1CCOCC1. The molecule has 1 aliphatic heterocycles. The third kappa shape index (κ3) is 4.39. The van der Waals surface area contributed by atoms with Crippen LogP contribution >= 0.6 is 0 Å². The second kappa shape index (κ2) is 8.63. The molecular weight excluding hydrogens is 378 g/mol. The van der Waals surface area contributed by atoms with Crippen LogP contribution in [0.25, 0.3) is 11.4 Å². The number of hydrogen-bond donors (Lipinski definition) is 0. The minimum Gasteiger partial charge on any atom is -0.490 e. The number of sulfonamides is 1. The van der Waals surface area contributed by atoms with Gasteiger partial charge in [-0.1, -0.05) is 12.1 Å². The van der Waals surface area contributed by atoms with Crippen LogP contribution in [-0.2, 0) is 21.3 Å². The average molecular weight is 406 g/mol. The summed E-state index contributed by atoms with van der Waals surface area (Å²) in [5.74, 6) is 1.60. The number of imidazole rings is 1. The van der Waals surface area contributed by atoms with Crippen molar-refractivity contribution in [1.82, 2.24) is 13.9 Å². The van der Waals surface area contributed by atoms with Gasteiger partial charge in [-0.2, -0.15) is 4.31 Å². The minimum atomic E-state index is -3.31. The van der Waals surface area contributed by atoms with Crippen molar-refractivity contribution in [2.45, 2.75) is 38.3 Å². The van der Waals surface area contributed by atoms with Gasteiger partial charge in [0, 0.05) is 32.0 Å². The number of aromatic nitrogens is 2. The highest BCUT2D eigenvalue weighted by Crippen LogP contribution is 2.32. The quantitative estimate of drug-likeness (QED) is 0.708. The largest absolute Gasteiger partial charge is 0.490 e. The molecule has 0 atom stereocenters. The Balaban J connectivity index is 1.50. The molecule has 0 bridgehead atoms. The normalized spacial score (nSPS) is 19.1. The predicted molar refractivity (Wildman–Crippen MR) is 107 cm³/mol. The van der Waals surface area contributed by atoms with Gasteiger partial charge in [0.25, 0.3) is 0 Å². The molecule has 2 heterocycles. The molecule has 152 valence electrons. The lowest BCUT2D eigenvalue weighted by Crippen LogP contribution is -2.42. The number of hydrogen-bond acceptors (Lipinski definition) is 5. The standard InChI is InChI=1S/C20H27N3O4S/c24-28(25,23-11-14-26-15-12-23)16-13-22-10-9-21-20(22)18-7-3-4-8-19(18)27-17-5-1-2-6-17/h3-4,7-10,17H,1-2,5-6,11-16H2. The van der Waals surface area contributed by atoms with Crippen LogP contribution in [0.1, 0.15) is 25.7 Å². The van der Waals surface area contributed by atoms with Gasteiger partial charge in [0.15, 0.2) is 0 Å². The fourth-order valence-corrected chi connectivity index (χ4v) is 5.23. The Kier molecular flexibility index (Phi) is 5.99. The van der Waals surface area contributed by atoms with E-state index in [-0.39, 0.29) is 11.9 Å². The molecule has 7 nitrogen and oxygen atoms in total. The average Bonchev–Trinajstić information content (AvgIpc) is 3.39. The van der Waals surface area contributed by atoms with Crippen molar-refractivity contribution in [2.24, 2.45) is 0 Å². The van der Waals surface area contributed by atoms with Crippen LogP contribution in [0.15, 0.2) is 36.7 Å². The summed E-state index contributed by atoms with van der Waals surface area (Å²) < 4.78 is 40.2. The number of morpholine rings is 1. The fourth-order valence-electron chi connectivity index (χ4n) is 3.84. The van der Waals surface area contributed by atoms with Gasteiger partial charge in [-0.3, -0.25) is 0 Å². The van der Waals surface area contributed by atoms with E-state index < -0.39 is 10.0 Å². The van der Waals surface area contributed by atoms with E-state index >= 15 is 0 Å². The van der Waals surface area contributed by atoms with Crippen molar-refractivity contribution in [1.29, 1.82) is 0 Å². The van der Waals surface area contributed by atoms with E-state index in [1.807, 2.05) is 35.0 Å². The molecule has 0 radical (unpaired) electrons. The summed E-state index contributed by atoms with van der Waals surface area (Å²) >= 11 is 0. The van der Waals surface area contributed by atoms with Crippen molar-refractivity contribution < 1.29 is 17.9 Å². The third-order valence-electron chi connectivity index (χ3n) is 5.39. The Morgan fingerprint density at radius 3 is 2.68 bits per heavy atom. The Morgan fingerprint density at radius 1 is 1.14 bits per heavy atom. The number of rotatable bonds is 7. The van der Waals surface area contributed by atoms with Gasteiger partial charge in [-0.25, -0.2) is 13.4 Å². The number of para-hydroxylation sites is 1. The number of benzene rings is 1. The summed E-state index contributed by atoms with van der Waals surface area (Å²) in [6, 6.07) is 7.88. The molecule has 28 heavy (non-hydrogen) atoms. The first-order chi connectivity index (χ1) is 13.6. The summed E-state index contributed by atoms with van der Waals surface area (Å²) in [6.45, 7) is 2.13. The van der Waals surface area contributed by atoms with Gasteiger partial charge in [-0.05, 0) is 37.8 Å². The topological polar surface area (TPSA) is 73.7 Å². The van der Waals surface area contributed by atoms with E-state index in [2.05, 4.69) is 4.98 Å². The first-order valence-corrected chi connectivity index (χ1v) is 11.6. The molecule has 0 N–H and O–H groups in total. The Bertz CT molecular complexity index is 884. The van der Waals surface area contributed by atoms with Crippen LogP contribution in [0.3, 0.4) is 0 Å². The van der Waals surface area contributed by atoms with Crippen molar-refractivity contribution >= 4 is 10.0 Å². The Morgan fingerprint density at radius 2 is 1.89 bits per heavy atom. The lowest BCUT2D eigenvalue weighted by atomic mass is 10.2. The summed E-state index contributed by atoms with van der Waals surface area (Å²) in [6.07, 6.45) is 8.38. The predicted octanol–water partition coefficient (Wildman–Crippen LogP) is 2.53. The van der Waals surface area contributed by atoms with Crippen molar-refractivity contribution in [3.8, 4) is 17.1 Å². The van der Waals surface area contributed by atoms with Crippen LogP contribution in [0.5, 0.6) is 5.75 Å². The molecule has 8 heteroatoms. The van der Waals surface area contributed by atoms with Gasteiger partial charge >= 0.3 is 0 Å². The van der Waals surface area contributed by atoms with E-state index in [4.69, 9.17) is 9.47 Å². The molecule has 0 spiro atoms. The molecule has 2 aliphatic rings. The molecule has 4 rings (SSSR count). The maximum absolute atomic E-state index is 12.6. The monoisotopic (exact) mass is 405 g/mol. The van der Waals surface area contributed by atoms with E-state index in [1.165, 1.54) is 17.1 Å². The van der Waals surface area contributed by atoms with Gasteiger partial charge in [-0.15, -0.1) is 0 Å². The molecule has 2 fully saturated rings. The summed E-state index contributed by atoms with van der Waals surface area (Å²) in [7, 11) is -3.31. The molecule has 0 unspecified atom stereocenters. The second-order valence-electron chi connectivity index (χ2n) is 7.29. The van der Waals surface area contributed by atoms with Gasteiger partial charge in [0.1, 0.15) is 11.6 Å². The zero-order valence-corrected chi connectivity index (χ0v) is 16.8.